The summed E-state index contributed by atoms with van der Waals surface area (Å²) in [4.78, 5) is 0. The minimum Gasteiger partial charge on any atom is -0.497 e. The molecule has 0 saturated carbocycles. The molecule has 1 aliphatic rings. The fourth-order valence-electron chi connectivity index (χ4n) is 2.26. The molecule has 0 spiro atoms. The van der Waals surface area contributed by atoms with E-state index in [0.717, 1.165) is 11.4 Å². The minimum atomic E-state index is -0.0282. The SMILES string of the molecule is COc1ccc2c(c1)C(C)(C)C(CC#N)N2. The minimum absolute atomic E-state index is 0.0282. The van der Waals surface area contributed by atoms with Gasteiger partial charge in [-0.2, -0.15) is 5.26 Å². The molecule has 1 heterocycles. The molecule has 0 saturated heterocycles. The molecular weight excluding hydrogens is 200 g/mol. The Morgan fingerprint density at radius 1 is 1.50 bits per heavy atom. The van der Waals surface area contributed by atoms with Crippen molar-refractivity contribution in [2.75, 3.05) is 12.4 Å². The summed E-state index contributed by atoms with van der Waals surface area (Å²) in [6.07, 6.45) is 0.518. The first kappa shape index (κ1) is 10.8. The van der Waals surface area contributed by atoms with Gasteiger partial charge in [-0.3, -0.25) is 0 Å². The number of methoxy groups -OCH3 is 1. The van der Waals surface area contributed by atoms with Crippen molar-refractivity contribution in [1.82, 2.24) is 0 Å². The Morgan fingerprint density at radius 2 is 2.25 bits per heavy atom. The Morgan fingerprint density at radius 3 is 2.88 bits per heavy atom. The molecule has 0 aromatic heterocycles. The number of nitrogens with one attached hydrogen (secondary N) is 1. The van der Waals surface area contributed by atoms with Crippen molar-refractivity contribution in [2.24, 2.45) is 0 Å². The molecule has 0 amide bonds. The predicted octanol–water partition coefficient (Wildman–Crippen LogP) is 2.68. The van der Waals surface area contributed by atoms with E-state index < -0.39 is 0 Å². The lowest BCUT2D eigenvalue weighted by Crippen LogP contribution is -2.32. The van der Waals surface area contributed by atoms with Gasteiger partial charge in [-0.05, 0) is 23.8 Å². The first-order valence-corrected chi connectivity index (χ1v) is 5.41. The van der Waals surface area contributed by atoms with Gasteiger partial charge in [0.25, 0.3) is 0 Å². The summed E-state index contributed by atoms with van der Waals surface area (Å²) in [5, 5.41) is 12.2. The van der Waals surface area contributed by atoms with Crippen LogP contribution in [0.25, 0.3) is 0 Å². The van der Waals surface area contributed by atoms with E-state index in [1.54, 1.807) is 7.11 Å². The Balaban J connectivity index is 2.42. The van der Waals surface area contributed by atoms with Gasteiger partial charge in [-0.1, -0.05) is 13.8 Å². The first-order valence-electron chi connectivity index (χ1n) is 5.41. The van der Waals surface area contributed by atoms with Crippen LogP contribution in [0.15, 0.2) is 18.2 Å². The molecule has 0 aliphatic carbocycles. The van der Waals surface area contributed by atoms with E-state index in [2.05, 4.69) is 31.3 Å². The number of anilines is 1. The van der Waals surface area contributed by atoms with Gasteiger partial charge < -0.3 is 10.1 Å². The predicted molar refractivity (Wildman–Crippen MR) is 63.7 cm³/mol. The molecule has 2 rings (SSSR count). The van der Waals surface area contributed by atoms with Crippen molar-refractivity contribution in [3.8, 4) is 11.8 Å². The number of hydrogen-bond donors (Lipinski definition) is 1. The lowest BCUT2D eigenvalue weighted by molar-refractivity contribution is 0.411. The molecule has 3 heteroatoms. The molecule has 0 fully saturated rings. The van der Waals surface area contributed by atoms with Gasteiger partial charge in [0.15, 0.2) is 0 Å². The van der Waals surface area contributed by atoms with Crippen LogP contribution in [0.2, 0.25) is 0 Å². The fraction of sp³-hybridized carbons (Fsp3) is 0.462. The van der Waals surface area contributed by atoms with Gasteiger partial charge in [0.05, 0.1) is 19.6 Å². The van der Waals surface area contributed by atoms with E-state index in [4.69, 9.17) is 10.00 Å². The summed E-state index contributed by atoms with van der Waals surface area (Å²) in [7, 11) is 1.67. The van der Waals surface area contributed by atoms with Crippen LogP contribution in [-0.4, -0.2) is 13.2 Å². The summed E-state index contributed by atoms with van der Waals surface area (Å²) in [5.74, 6) is 0.867. The van der Waals surface area contributed by atoms with E-state index in [0.29, 0.717) is 6.42 Å². The maximum Gasteiger partial charge on any atom is 0.119 e. The average Bonchev–Trinajstić information content (AvgIpc) is 2.51. The molecule has 3 nitrogen and oxygen atoms in total. The Labute approximate surface area is 96.0 Å². The third-order valence-corrected chi connectivity index (χ3v) is 3.42. The van der Waals surface area contributed by atoms with E-state index in [9.17, 15) is 0 Å². The molecule has 0 bridgehead atoms. The van der Waals surface area contributed by atoms with Crippen LogP contribution in [0.3, 0.4) is 0 Å². The third kappa shape index (κ3) is 1.51. The van der Waals surface area contributed by atoms with Crippen molar-refractivity contribution in [2.45, 2.75) is 31.7 Å². The molecule has 1 N–H and O–H groups in total. The Bertz CT molecular complexity index is 446. The highest BCUT2D eigenvalue weighted by atomic mass is 16.5. The second-order valence-electron chi connectivity index (χ2n) is 4.69. The Kier molecular flexibility index (Phi) is 2.51. The van der Waals surface area contributed by atoms with Gasteiger partial charge in [0.2, 0.25) is 0 Å². The van der Waals surface area contributed by atoms with Crippen LogP contribution >= 0.6 is 0 Å². The second-order valence-corrected chi connectivity index (χ2v) is 4.69. The maximum atomic E-state index is 8.82. The molecule has 1 unspecified atom stereocenters. The van der Waals surface area contributed by atoms with E-state index in [1.807, 2.05) is 12.1 Å². The number of hydrogen-bond acceptors (Lipinski definition) is 3. The molecule has 84 valence electrons. The van der Waals surface area contributed by atoms with E-state index in [-0.39, 0.29) is 11.5 Å². The lowest BCUT2D eigenvalue weighted by atomic mass is 9.79. The van der Waals surface area contributed by atoms with Crippen LogP contribution in [0.1, 0.15) is 25.8 Å². The van der Waals surface area contributed by atoms with Gasteiger partial charge in [0, 0.05) is 17.1 Å². The normalized spacial score (nSPS) is 20.8. The number of nitriles is 1. The molecule has 1 aromatic carbocycles. The highest BCUT2D eigenvalue weighted by Gasteiger charge is 2.39. The highest BCUT2D eigenvalue weighted by Crippen LogP contribution is 2.43. The third-order valence-electron chi connectivity index (χ3n) is 3.42. The summed E-state index contributed by atoms with van der Waals surface area (Å²) >= 11 is 0. The first-order chi connectivity index (χ1) is 7.59. The van der Waals surface area contributed by atoms with Crippen molar-refractivity contribution in [1.29, 1.82) is 5.26 Å². The molecular formula is C13H16N2O. The largest absolute Gasteiger partial charge is 0.497 e. The smallest absolute Gasteiger partial charge is 0.119 e. The van der Waals surface area contributed by atoms with Crippen LogP contribution in [0.4, 0.5) is 5.69 Å². The molecule has 1 aromatic rings. The number of benzene rings is 1. The van der Waals surface area contributed by atoms with Crippen molar-refractivity contribution in [3.05, 3.63) is 23.8 Å². The molecule has 1 atom stereocenters. The zero-order valence-corrected chi connectivity index (χ0v) is 9.87. The van der Waals surface area contributed by atoms with Gasteiger partial charge in [0.1, 0.15) is 5.75 Å². The fourth-order valence-corrected chi connectivity index (χ4v) is 2.26. The topological polar surface area (TPSA) is 45.0 Å². The van der Waals surface area contributed by atoms with Crippen LogP contribution in [0.5, 0.6) is 5.75 Å². The Hall–Kier alpha value is -1.69. The van der Waals surface area contributed by atoms with Crippen molar-refractivity contribution >= 4 is 5.69 Å². The summed E-state index contributed by atoms with van der Waals surface area (Å²) in [6, 6.07) is 8.43. The van der Waals surface area contributed by atoms with Crippen LogP contribution in [0, 0.1) is 11.3 Å². The lowest BCUT2D eigenvalue weighted by Gasteiger charge is -2.25. The van der Waals surface area contributed by atoms with Gasteiger partial charge >= 0.3 is 0 Å². The number of ether oxygens (including phenoxy) is 1. The number of fused-ring (bicyclic) bond motifs is 1. The van der Waals surface area contributed by atoms with Crippen molar-refractivity contribution < 1.29 is 4.74 Å². The van der Waals surface area contributed by atoms with E-state index in [1.165, 1.54) is 5.56 Å². The van der Waals surface area contributed by atoms with Crippen LogP contribution < -0.4 is 10.1 Å². The molecule has 16 heavy (non-hydrogen) atoms. The van der Waals surface area contributed by atoms with Crippen molar-refractivity contribution in [3.63, 3.8) is 0 Å². The molecule has 1 aliphatic heterocycles. The number of rotatable bonds is 2. The number of nitrogens with zero attached hydrogens (tertiary/aromatic N) is 1. The summed E-state index contributed by atoms with van der Waals surface area (Å²) in [6.45, 7) is 4.32. The van der Waals surface area contributed by atoms with Gasteiger partial charge in [-0.25, -0.2) is 0 Å². The standard InChI is InChI=1S/C13H16N2O/c1-13(2)10-8-9(16-3)4-5-11(10)15-12(13)6-7-14/h4-5,8,12,15H,6H2,1-3H3. The zero-order chi connectivity index (χ0) is 11.8. The zero-order valence-electron chi connectivity index (χ0n) is 9.87. The maximum absolute atomic E-state index is 8.82. The second kappa shape index (κ2) is 3.71. The van der Waals surface area contributed by atoms with Crippen LogP contribution in [-0.2, 0) is 5.41 Å². The van der Waals surface area contributed by atoms with Gasteiger partial charge in [-0.15, -0.1) is 0 Å². The van der Waals surface area contributed by atoms with E-state index >= 15 is 0 Å². The summed E-state index contributed by atoms with van der Waals surface area (Å²) < 4.78 is 5.24. The quantitative estimate of drug-likeness (QED) is 0.826. The highest BCUT2D eigenvalue weighted by molar-refractivity contribution is 5.63. The monoisotopic (exact) mass is 216 g/mol. The molecule has 0 radical (unpaired) electrons. The summed E-state index contributed by atoms with van der Waals surface area (Å²) in [5.41, 5.74) is 2.32. The average molecular weight is 216 g/mol.